The van der Waals surface area contributed by atoms with Crippen LogP contribution in [-0.2, 0) is 21.2 Å². The molecule has 0 atom stereocenters. The van der Waals surface area contributed by atoms with Crippen molar-refractivity contribution in [2.45, 2.75) is 36.7 Å². The van der Waals surface area contributed by atoms with Crippen molar-refractivity contribution in [1.29, 1.82) is 0 Å². The summed E-state index contributed by atoms with van der Waals surface area (Å²) >= 11 is 0. The van der Waals surface area contributed by atoms with E-state index >= 15 is 0 Å². The zero-order valence-corrected chi connectivity index (χ0v) is 12.4. The molecule has 2 rings (SSSR count). The van der Waals surface area contributed by atoms with Crippen LogP contribution in [0.5, 0.6) is 0 Å². The van der Waals surface area contributed by atoms with Crippen molar-refractivity contribution >= 4 is 15.7 Å². The lowest BCUT2D eigenvalue weighted by molar-refractivity contribution is -0.121. The highest BCUT2D eigenvalue weighted by molar-refractivity contribution is 7.90. The van der Waals surface area contributed by atoms with Crippen molar-refractivity contribution in [3.63, 3.8) is 0 Å². The molecule has 1 aliphatic carbocycles. The molecule has 1 amide bonds. The summed E-state index contributed by atoms with van der Waals surface area (Å²) in [7, 11) is -3.13. The lowest BCUT2D eigenvalue weighted by Gasteiger charge is -2.06. The minimum absolute atomic E-state index is 0.0902. The molecule has 2 N–H and O–H groups in total. The van der Waals surface area contributed by atoms with E-state index in [0.29, 0.717) is 30.4 Å². The highest BCUT2D eigenvalue weighted by Gasteiger charge is 2.22. The Hall–Kier alpha value is -1.40. The van der Waals surface area contributed by atoms with Gasteiger partial charge in [-0.25, -0.2) is 8.42 Å². The van der Waals surface area contributed by atoms with Crippen LogP contribution in [0.3, 0.4) is 0 Å². The van der Waals surface area contributed by atoms with Crippen LogP contribution in [0.25, 0.3) is 0 Å². The van der Waals surface area contributed by atoms with E-state index in [9.17, 15) is 13.2 Å². The Balaban J connectivity index is 1.69. The fourth-order valence-corrected chi connectivity index (χ4v) is 2.45. The molecule has 0 saturated heterocycles. The van der Waals surface area contributed by atoms with Gasteiger partial charge < -0.3 is 10.6 Å². The minimum Gasteiger partial charge on any atom is -0.353 e. The average Bonchev–Trinajstić information content (AvgIpc) is 3.18. The van der Waals surface area contributed by atoms with Crippen molar-refractivity contribution in [3.05, 3.63) is 29.8 Å². The number of nitrogens with one attached hydrogen (secondary N) is 2. The summed E-state index contributed by atoms with van der Waals surface area (Å²) in [6, 6.07) is 7.19. The summed E-state index contributed by atoms with van der Waals surface area (Å²) in [4.78, 5) is 11.8. The zero-order valence-electron chi connectivity index (χ0n) is 11.6. The van der Waals surface area contributed by atoms with Crippen molar-refractivity contribution < 1.29 is 13.2 Å². The van der Waals surface area contributed by atoms with E-state index in [-0.39, 0.29) is 5.91 Å². The van der Waals surface area contributed by atoms with E-state index in [2.05, 4.69) is 10.6 Å². The van der Waals surface area contributed by atoms with E-state index in [1.54, 1.807) is 24.3 Å². The number of carbonyl (C=O) groups is 1. The van der Waals surface area contributed by atoms with Crippen LogP contribution in [0.2, 0.25) is 0 Å². The maximum atomic E-state index is 11.4. The van der Waals surface area contributed by atoms with Gasteiger partial charge in [-0.2, -0.15) is 0 Å². The first-order valence-corrected chi connectivity index (χ1v) is 8.63. The van der Waals surface area contributed by atoms with Gasteiger partial charge in [0.15, 0.2) is 9.84 Å². The molecule has 0 bridgehead atoms. The summed E-state index contributed by atoms with van der Waals surface area (Å²) in [6.45, 7) is 1.24. The first-order chi connectivity index (χ1) is 9.45. The fourth-order valence-electron chi connectivity index (χ4n) is 1.82. The Morgan fingerprint density at radius 1 is 1.25 bits per heavy atom. The number of hydrogen-bond donors (Lipinski definition) is 2. The van der Waals surface area contributed by atoms with Gasteiger partial charge >= 0.3 is 0 Å². The van der Waals surface area contributed by atoms with Gasteiger partial charge in [0.1, 0.15) is 0 Å². The second kappa shape index (κ2) is 6.37. The third-order valence-electron chi connectivity index (χ3n) is 3.15. The van der Waals surface area contributed by atoms with Gasteiger partial charge in [-0.05, 0) is 30.5 Å². The van der Waals surface area contributed by atoms with Crippen LogP contribution < -0.4 is 10.6 Å². The molecule has 1 saturated carbocycles. The van der Waals surface area contributed by atoms with Crippen molar-refractivity contribution in [1.82, 2.24) is 10.6 Å². The lowest BCUT2D eigenvalue weighted by Crippen LogP contribution is -2.28. The molecule has 5 nitrogen and oxygen atoms in total. The molecule has 0 spiro atoms. The Labute approximate surface area is 119 Å². The highest BCUT2D eigenvalue weighted by Crippen LogP contribution is 2.18. The molecule has 0 aliphatic heterocycles. The maximum absolute atomic E-state index is 11.4. The third kappa shape index (κ3) is 4.94. The summed E-state index contributed by atoms with van der Waals surface area (Å²) < 4.78 is 22.6. The van der Waals surface area contributed by atoms with Gasteiger partial charge in [0.05, 0.1) is 4.90 Å². The molecule has 1 aromatic carbocycles. The number of hydrogen-bond acceptors (Lipinski definition) is 4. The molecular formula is C14H20N2O3S. The Morgan fingerprint density at radius 2 is 1.90 bits per heavy atom. The van der Waals surface area contributed by atoms with Crippen molar-refractivity contribution in [2.24, 2.45) is 0 Å². The topological polar surface area (TPSA) is 75.3 Å². The van der Waals surface area contributed by atoms with Gasteiger partial charge in [0, 0.05) is 31.8 Å². The second-order valence-corrected chi connectivity index (χ2v) is 7.20. The Morgan fingerprint density at radius 3 is 2.45 bits per heavy atom. The molecule has 0 radical (unpaired) electrons. The molecular weight excluding hydrogens is 276 g/mol. The predicted octanol–water partition coefficient (Wildman–Crippen LogP) is 0.848. The second-order valence-electron chi connectivity index (χ2n) is 5.18. The summed E-state index contributed by atoms with van der Waals surface area (Å²) in [5.41, 5.74) is 1.00. The molecule has 1 aromatic rings. The normalized spacial score (nSPS) is 15.1. The summed E-state index contributed by atoms with van der Waals surface area (Å²) in [6.07, 6.45) is 3.87. The van der Waals surface area contributed by atoms with Crippen molar-refractivity contribution in [3.8, 4) is 0 Å². The average molecular weight is 296 g/mol. The van der Waals surface area contributed by atoms with Gasteiger partial charge in [-0.3, -0.25) is 4.79 Å². The highest BCUT2D eigenvalue weighted by atomic mass is 32.2. The van der Waals surface area contributed by atoms with Gasteiger partial charge in [0.25, 0.3) is 0 Å². The fraction of sp³-hybridized carbons (Fsp3) is 0.500. The number of carbonyl (C=O) groups excluding carboxylic acids is 1. The first kappa shape index (κ1) is 15.0. The molecule has 110 valence electrons. The van der Waals surface area contributed by atoms with Crippen LogP contribution in [0.1, 0.15) is 24.8 Å². The SMILES string of the molecule is CS(=O)(=O)c1ccc(CNCCC(=O)NC2CC2)cc1. The van der Waals surface area contributed by atoms with E-state index < -0.39 is 9.84 Å². The van der Waals surface area contributed by atoms with Gasteiger partial charge in [0.2, 0.25) is 5.91 Å². The van der Waals surface area contributed by atoms with Gasteiger partial charge in [-0.1, -0.05) is 12.1 Å². The van der Waals surface area contributed by atoms with Crippen LogP contribution >= 0.6 is 0 Å². The molecule has 20 heavy (non-hydrogen) atoms. The Bertz CT molecular complexity index is 563. The quantitative estimate of drug-likeness (QED) is 0.731. The predicted molar refractivity (Wildman–Crippen MR) is 77.0 cm³/mol. The largest absolute Gasteiger partial charge is 0.353 e. The third-order valence-corrected chi connectivity index (χ3v) is 4.28. The number of sulfone groups is 1. The van der Waals surface area contributed by atoms with Crippen LogP contribution in [-0.4, -0.2) is 33.2 Å². The van der Waals surface area contributed by atoms with Crippen molar-refractivity contribution in [2.75, 3.05) is 12.8 Å². The molecule has 0 heterocycles. The lowest BCUT2D eigenvalue weighted by atomic mass is 10.2. The van der Waals surface area contributed by atoms with Crippen LogP contribution in [0.15, 0.2) is 29.2 Å². The van der Waals surface area contributed by atoms with E-state index in [1.165, 1.54) is 6.26 Å². The Kier molecular flexibility index (Phi) is 4.77. The summed E-state index contributed by atoms with van der Waals surface area (Å²) in [5.74, 6) is 0.0902. The molecule has 1 aliphatic rings. The first-order valence-electron chi connectivity index (χ1n) is 6.74. The number of rotatable bonds is 7. The maximum Gasteiger partial charge on any atom is 0.221 e. The van der Waals surface area contributed by atoms with E-state index in [1.807, 2.05) is 0 Å². The van der Waals surface area contributed by atoms with Crippen LogP contribution in [0, 0.1) is 0 Å². The minimum atomic E-state index is -3.13. The van der Waals surface area contributed by atoms with E-state index in [0.717, 1.165) is 18.4 Å². The zero-order chi connectivity index (χ0) is 14.6. The number of amides is 1. The number of benzene rings is 1. The molecule has 6 heteroatoms. The monoisotopic (exact) mass is 296 g/mol. The molecule has 0 unspecified atom stereocenters. The van der Waals surface area contributed by atoms with E-state index in [4.69, 9.17) is 0 Å². The standard InChI is InChI=1S/C14H20N2O3S/c1-20(18,19)13-6-2-11(3-7-13)10-15-9-8-14(17)16-12-4-5-12/h2-3,6-7,12,15H,4-5,8-10H2,1H3,(H,16,17). The van der Waals surface area contributed by atoms with Crippen LogP contribution in [0.4, 0.5) is 0 Å². The van der Waals surface area contributed by atoms with Gasteiger partial charge in [-0.15, -0.1) is 0 Å². The smallest absolute Gasteiger partial charge is 0.221 e. The molecule has 1 fully saturated rings. The molecule has 0 aromatic heterocycles. The summed E-state index contributed by atoms with van der Waals surface area (Å²) in [5, 5.41) is 6.11.